The van der Waals surface area contributed by atoms with Crippen molar-refractivity contribution in [1.29, 1.82) is 0 Å². The summed E-state index contributed by atoms with van der Waals surface area (Å²) in [7, 11) is 0. The molecule has 0 N–H and O–H groups in total. The average molecular weight is 372 g/mol. The number of aryl methyl sites for hydroxylation is 1. The van der Waals surface area contributed by atoms with E-state index >= 15 is 0 Å². The predicted molar refractivity (Wildman–Crippen MR) is 101 cm³/mol. The third kappa shape index (κ3) is 3.19. The Bertz CT molecular complexity index is 859. The van der Waals surface area contributed by atoms with E-state index < -0.39 is 17.1 Å². The van der Waals surface area contributed by atoms with E-state index in [1.807, 2.05) is 31.2 Å². The molecule has 1 aliphatic heterocycles. The van der Waals surface area contributed by atoms with Gasteiger partial charge in [-0.15, -0.1) is 0 Å². The average Bonchev–Trinajstić information content (AvgIpc) is 2.55. The predicted octanol–water partition coefficient (Wildman–Crippen LogP) is 4.52. The maximum Gasteiger partial charge on any atom is 0.179 e. The van der Waals surface area contributed by atoms with Gasteiger partial charge in [-0.2, -0.15) is 0 Å². The summed E-state index contributed by atoms with van der Waals surface area (Å²) in [6.45, 7) is 8.80. The van der Waals surface area contributed by atoms with Crippen LogP contribution in [-0.2, 0) is 14.3 Å². The molecule has 0 radical (unpaired) electrons. The molecule has 2 aromatic rings. The number of ether oxygens (including phenoxy) is 1. The van der Waals surface area contributed by atoms with Crippen molar-refractivity contribution in [1.82, 2.24) is 4.98 Å². The van der Waals surface area contributed by atoms with Crippen LogP contribution in [0.25, 0.3) is 11.1 Å². The molecule has 1 aliphatic rings. The number of carbonyl (C=O) groups excluding carboxylic acids is 2. The number of carbonyl (C=O) groups is 2. The van der Waals surface area contributed by atoms with Crippen LogP contribution in [0.3, 0.4) is 0 Å². The smallest absolute Gasteiger partial charge is 0.179 e. The highest BCUT2D eigenvalue weighted by Gasteiger charge is 2.53. The van der Waals surface area contributed by atoms with E-state index in [-0.39, 0.29) is 11.6 Å². The second-order valence-electron chi connectivity index (χ2n) is 7.73. The lowest BCUT2D eigenvalue weighted by Crippen LogP contribution is -2.58. The second-order valence-corrected chi connectivity index (χ2v) is 8.11. The number of hydrogen-bond acceptors (Lipinski definition) is 4. The quantitative estimate of drug-likeness (QED) is 0.575. The zero-order valence-corrected chi connectivity index (χ0v) is 16.3. The van der Waals surface area contributed by atoms with Crippen LogP contribution in [0.15, 0.2) is 36.5 Å². The highest BCUT2D eigenvalue weighted by Crippen LogP contribution is 2.40. The maximum absolute atomic E-state index is 13.0. The molecular weight excluding hydrogens is 350 g/mol. The van der Waals surface area contributed by atoms with Gasteiger partial charge in [0, 0.05) is 11.8 Å². The van der Waals surface area contributed by atoms with Gasteiger partial charge < -0.3 is 4.74 Å². The van der Waals surface area contributed by atoms with Crippen LogP contribution in [0, 0.1) is 6.92 Å². The van der Waals surface area contributed by atoms with Gasteiger partial charge >= 0.3 is 0 Å². The molecule has 0 aliphatic carbocycles. The number of benzene rings is 1. The number of hydrogen-bond donors (Lipinski definition) is 0. The summed E-state index contributed by atoms with van der Waals surface area (Å²) in [6.07, 6.45) is 1.68. The topological polar surface area (TPSA) is 56.3 Å². The largest absolute Gasteiger partial charge is 0.354 e. The molecule has 0 bridgehead atoms. The fourth-order valence-corrected chi connectivity index (χ4v) is 3.62. The molecule has 0 atom stereocenters. The first-order valence-corrected chi connectivity index (χ1v) is 8.92. The number of nitrogens with zero attached hydrogens (tertiary/aromatic N) is 1. The van der Waals surface area contributed by atoms with Crippen LogP contribution in [0.4, 0.5) is 0 Å². The van der Waals surface area contributed by atoms with Crippen molar-refractivity contribution in [3.63, 3.8) is 0 Å². The Labute approximate surface area is 158 Å². The number of Topliss-reactive ketones (excluding diaryl/α,β-unsaturated/α-hetero) is 2. The number of rotatable bonds is 2. The fourth-order valence-electron chi connectivity index (χ4n) is 3.51. The van der Waals surface area contributed by atoms with Gasteiger partial charge in [0.15, 0.2) is 11.6 Å². The first kappa shape index (κ1) is 18.7. The third-order valence-corrected chi connectivity index (χ3v) is 5.10. The van der Waals surface area contributed by atoms with Crippen LogP contribution < -0.4 is 0 Å². The molecule has 4 nitrogen and oxygen atoms in total. The Morgan fingerprint density at radius 2 is 1.54 bits per heavy atom. The Balaban J connectivity index is 2.13. The molecular formula is C21H22ClNO3. The van der Waals surface area contributed by atoms with E-state index in [0.29, 0.717) is 5.15 Å². The van der Waals surface area contributed by atoms with Gasteiger partial charge in [-0.25, -0.2) is 4.98 Å². The van der Waals surface area contributed by atoms with E-state index in [9.17, 15) is 9.59 Å². The van der Waals surface area contributed by atoms with Gasteiger partial charge in [0.1, 0.15) is 22.3 Å². The normalized spacial score (nSPS) is 19.6. The zero-order valence-electron chi connectivity index (χ0n) is 15.6. The minimum absolute atomic E-state index is 0.212. The van der Waals surface area contributed by atoms with Gasteiger partial charge in [-0.3, -0.25) is 9.59 Å². The zero-order chi connectivity index (χ0) is 19.3. The summed E-state index contributed by atoms with van der Waals surface area (Å²) in [4.78, 5) is 30.1. The third-order valence-electron chi connectivity index (χ3n) is 4.87. The van der Waals surface area contributed by atoms with Gasteiger partial charge in [-0.1, -0.05) is 23.7 Å². The van der Waals surface area contributed by atoms with Gasteiger partial charge in [0.2, 0.25) is 0 Å². The van der Waals surface area contributed by atoms with Crippen LogP contribution in [0.2, 0.25) is 5.15 Å². The van der Waals surface area contributed by atoms with Crippen molar-refractivity contribution in [3.8, 4) is 11.1 Å². The highest BCUT2D eigenvalue weighted by molar-refractivity contribution is 6.29. The second kappa shape index (κ2) is 6.29. The lowest BCUT2D eigenvalue weighted by molar-refractivity contribution is -0.184. The molecule has 2 heterocycles. The number of pyridine rings is 1. The van der Waals surface area contributed by atoms with E-state index in [4.69, 9.17) is 16.3 Å². The number of ketones is 2. The van der Waals surface area contributed by atoms with Gasteiger partial charge in [-0.05, 0) is 69.5 Å². The lowest BCUT2D eigenvalue weighted by atomic mass is 9.73. The van der Waals surface area contributed by atoms with E-state index in [1.165, 1.54) is 0 Å². The molecule has 1 fully saturated rings. The molecule has 1 aromatic carbocycles. The summed E-state index contributed by atoms with van der Waals surface area (Å²) < 4.78 is 5.78. The maximum atomic E-state index is 13.0. The molecule has 0 unspecified atom stereocenters. The molecule has 136 valence electrons. The minimum atomic E-state index is -1.02. The SMILES string of the molecule is Cc1ccc(-c2ccc(Cl)nc2)cc1C1C(=O)C(C)(C)OC(C)(C)C1=O. The van der Waals surface area contributed by atoms with Crippen molar-refractivity contribution in [2.24, 2.45) is 0 Å². The van der Waals surface area contributed by atoms with Gasteiger partial charge in [0.05, 0.1) is 0 Å². The first-order valence-electron chi connectivity index (χ1n) is 8.54. The molecule has 3 rings (SSSR count). The number of halogens is 1. The Kier molecular flexibility index (Phi) is 4.53. The molecule has 26 heavy (non-hydrogen) atoms. The summed E-state index contributed by atoms with van der Waals surface area (Å²) in [6, 6.07) is 9.36. The Morgan fingerprint density at radius 1 is 0.962 bits per heavy atom. The molecule has 1 aromatic heterocycles. The van der Waals surface area contributed by atoms with E-state index in [0.717, 1.165) is 22.3 Å². The molecule has 1 saturated heterocycles. The molecule has 0 spiro atoms. The first-order chi connectivity index (χ1) is 12.0. The van der Waals surface area contributed by atoms with Crippen molar-refractivity contribution in [2.45, 2.75) is 51.7 Å². The van der Waals surface area contributed by atoms with Crippen LogP contribution in [0.5, 0.6) is 0 Å². The minimum Gasteiger partial charge on any atom is -0.354 e. The van der Waals surface area contributed by atoms with Crippen molar-refractivity contribution in [3.05, 3.63) is 52.8 Å². The molecule has 0 amide bonds. The van der Waals surface area contributed by atoms with Crippen molar-refractivity contribution in [2.75, 3.05) is 0 Å². The summed E-state index contributed by atoms with van der Waals surface area (Å²) in [5.41, 5.74) is 1.34. The van der Waals surface area contributed by atoms with Crippen molar-refractivity contribution < 1.29 is 14.3 Å². The van der Waals surface area contributed by atoms with Crippen LogP contribution >= 0.6 is 11.6 Å². The van der Waals surface area contributed by atoms with Crippen LogP contribution in [0.1, 0.15) is 44.7 Å². The summed E-state index contributed by atoms with van der Waals surface area (Å²) in [5.74, 6) is -1.26. The summed E-state index contributed by atoms with van der Waals surface area (Å²) in [5, 5.41) is 0.416. The monoisotopic (exact) mass is 371 g/mol. The van der Waals surface area contributed by atoms with Crippen LogP contribution in [-0.4, -0.2) is 27.8 Å². The fraction of sp³-hybridized carbons (Fsp3) is 0.381. The number of aromatic nitrogens is 1. The highest BCUT2D eigenvalue weighted by atomic mass is 35.5. The molecule has 5 heteroatoms. The van der Waals surface area contributed by atoms with E-state index in [1.54, 1.807) is 40.0 Å². The molecule has 0 saturated carbocycles. The lowest BCUT2D eigenvalue weighted by Gasteiger charge is -2.43. The standard InChI is InChI=1S/C21H22ClNO3/c1-12-6-7-13(14-8-9-16(22)23-11-14)10-15(12)17-18(24)20(2,3)26-21(4,5)19(17)25/h6-11,17H,1-5H3. The van der Waals surface area contributed by atoms with Gasteiger partial charge in [0.25, 0.3) is 0 Å². The van der Waals surface area contributed by atoms with Crippen molar-refractivity contribution >= 4 is 23.2 Å². The van der Waals surface area contributed by atoms with E-state index in [2.05, 4.69) is 4.98 Å². The Morgan fingerprint density at radius 3 is 2.08 bits per heavy atom. The Hall–Kier alpha value is -2.04. The summed E-state index contributed by atoms with van der Waals surface area (Å²) >= 11 is 5.86.